The van der Waals surface area contributed by atoms with Crippen LogP contribution in [0.15, 0.2) is 0 Å². The molecule has 0 saturated carbocycles. The SMILES string of the molecule is [B]C1CC(OP(=O)([O-])OCCCO)C(C(C)C)O1.[B]C1CC(OP(=O)([O-])OCCCOP(=O)([O-])OCCCO)C(C(C)(C)C)O1.[B]C1CC(OP(=O)([O-])OCCCOP(=O)([O-])OCCCOP(=O)([O-])OCCCO)C(C(C)(C)C)O1.[B]C1CC(OP(=O)([O-])OCCCOP(=O)([O-])OCCCOP(=O)([O-])[O-])C(C(C)(C)C)O1.[B]C1CC(OP(=O)([O-])OCCCOP(=O)([O-])[O-])C(C(C)(C)C)O1. The lowest BCUT2D eigenvalue weighted by Crippen LogP contribution is -2.37. The lowest BCUT2D eigenvalue weighted by Gasteiger charge is -2.34. The van der Waals surface area contributed by atoms with Crippen molar-refractivity contribution in [1.29, 1.82) is 0 Å². The molecule has 24 atom stereocenters. The summed E-state index contributed by atoms with van der Waals surface area (Å²) in [4.78, 5) is 146. The number of phosphoric acid groups is 11. The van der Waals surface area contributed by atoms with Crippen molar-refractivity contribution in [2.24, 2.45) is 27.6 Å². The monoisotopic (exact) mass is 2150 g/mol. The lowest BCUT2D eigenvalue weighted by atomic mass is 9.85. The fraction of sp³-hybridized carbons (Fsp3) is 1.00. The summed E-state index contributed by atoms with van der Waals surface area (Å²) in [6, 6.07) is -3.08. The third-order valence-corrected chi connectivity index (χ3v) is 27.6. The van der Waals surface area contributed by atoms with E-state index in [1.807, 2.05) is 96.9 Å². The third-order valence-electron chi connectivity index (χ3n) is 17.4. The maximum atomic E-state index is 12.1. The quantitative estimate of drug-likeness (QED) is 0.0401. The van der Waals surface area contributed by atoms with Crippen molar-refractivity contribution in [2.45, 2.75) is 278 Å². The van der Waals surface area contributed by atoms with Crippen LogP contribution in [0.4, 0.5) is 0 Å². The normalized spacial score (nSPS) is 27.8. The Morgan fingerprint density at radius 1 is 0.254 bits per heavy atom. The first-order chi connectivity index (χ1) is 61.1. The summed E-state index contributed by atoms with van der Waals surface area (Å²) >= 11 is 0. The molecule has 0 spiro atoms. The van der Waals surface area contributed by atoms with E-state index in [9.17, 15) is 114 Å². The van der Waals surface area contributed by atoms with Crippen molar-refractivity contribution in [3.63, 3.8) is 0 Å². The smallest absolute Gasteiger partial charge is 0.268 e. The van der Waals surface area contributed by atoms with E-state index < -0.39 is 235 Å². The zero-order valence-electron chi connectivity index (χ0n) is 77.0. The van der Waals surface area contributed by atoms with Crippen LogP contribution in [0, 0.1) is 27.6 Å². The highest BCUT2D eigenvalue weighted by molar-refractivity contribution is 7.48. The van der Waals surface area contributed by atoms with Crippen LogP contribution in [0.3, 0.4) is 0 Å². The van der Waals surface area contributed by atoms with Crippen LogP contribution >= 0.6 is 86.0 Å². The van der Waals surface area contributed by atoms with Crippen LogP contribution in [0.25, 0.3) is 0 Å². The first kappa shape index (κ1) is 133. The number of hydrogen-bond donors (Lipinski definition) is 3. The Morgan fingerprint density at radius 3 is 0.567 bits per heavy atom. The second-order valence-electron chi connectivity index (χ2n) is 34.4. The average molecular weight is 2150 g/mol. The first-order valence-corrected chi connectivity index (χ1v) is 58.0. The van der Waals surface area contributed by atoms with Crippen molar-refractivity contribution in [1.82, 2.24) is 0 Å². The van der Waals surface area contributed by atoms with Crippen LogP contribution in [0.1, 0.15) is 187 Å². The Hall–Kier alpha value is 1.21. The van der Waals surface area contributed by atoms with Gasteiger partial charge >= 0.3 is 0 Å². The minimum Gasteiger partial charge on any atom is -0.790 e. The van der Waals surface area contributed by atoms with Crippen LogP contribution in [-0.2, 0) is 164 Å². The predicted molar refractivity (Wildman–Crippen MR) is 448 cm³/mol. The Bertz CT molecular complexity index is 3860. The molecule has 5 fully saturated rings. The molecule has 5 aliphatic rings. The largest absolute Gasteiger partial charge is 0.790 e. The van der Waals surface area contributed by atoms with Gasteiger partial charge in [-0.2, -0.15) is 0 Å². The van der Waals surface area contributed by atoms with E-state index in [0.717, 1.165) is 0 Å². The highest BCUT2D eigenvalue weighted by Gasteiger charge is 2.47. The van der Waals surface area contributed by atoms with Crippen LogP contribution in [-0.4, -0.2) is 265 Å². The number of hydrogen-bond acceptors (Lipinski definition) is 52. The molecule has 5 saturated heterocycles. The zero-order valence-corrected chi connectivity index (χ0v) is 86.9. The van der Waals surface area contributed by atoms with Gasteiger partial charge in [-0.05, 0) is 117 Å². The molecule has 0 aromatic carbocycles. The second-order valence-corrected chi connectivity index (χ2v) is 49.2. The molecule has 0 aliphatic carbocycles. The van der Waals surface area contributed by atoms with Crippen LogP contribution in [0.5, 0.6) is 0 Å². The molecule has 5 heterocycles. The molecular formula is C66H125B5O52P11-13. The van der Waals surface area contributed by atoms with Gasteiger partial charge in [0.25, 0.3) is 70.4 Å². The van der Waals surface area contributed by atoms with E-state index in [1.165, 1.54) is 0 Å². The van der Waals surface area contributed by atoms with E-state index in [4.69, 9.17) is 114 Å². The standard InChI is InChI=1S/C17H36BO14P3.C14H30BO13P3.C14H29BO10P2.C11H23BO9P2.C10H20BO6P/c1-17(2,3)16-14(13-15(18)31-16)32-35(24,25)30-12-6-11-29-34(22,23)28-10-5-9-27-33(20,21)26-8-4-7-19;1-14(2,3)13-11(10-12(15)27-13)28-31(21,22)26-9-5-8-25-30(19,20)24-7-4-6-23-29(16,17)18;1-14(2,3)13-11(10-12(15)24-13)25-27(19,20)23-9-5-8-22-26(17,18)21-7-4-6-16;1-11(2,3)10-8(7-9(12)20-10)21-23(16,17)19-6-4-5-18-22(13,14)15;1-7(2)10-8(6-9(11)16-10)17-18(13,14)15-5-3-4-12/h14-16,19H,4-13H2,1-3H3,(H,20,21)(H,22,23)(H,24,25);11-13H,4-10H2,1-3H3,(H,19,20)(H,21,22)(H2,16,17,18);11-13,16H,4-10H2,1-3H3,(H,17,18)(H,19,20);8-10H,4-7H2,1-3H3,(H,16,17)(H2,13,14,15);7-10,12H,3-6H2,1-2H3,(H,13,14)/p-13. The minimum absolute atomic E-state index is 0.0193. The summed E-state index contributed by atoms with van der Waals surface area (Å²) in [5.41, 5.74) is -1.59. The van der Waals surface area contributed by atoms with Gasteiger partial charge in [-0.15, -0.1) is 0 Å². The summed E-state index contributed by atoms with van der Waals surface area (Å²) in [5.74, 6) is 0.0981. The lowest BCUT2D eigenvalue weighted by molar-refractivity contribution is -0.343. The van der Waals surface area contributed by atoms with Crippen molar-refractivity contribution in [3.8, 4) is 0 Å². The van der Waals surface area contributed by atoms with E-state index in [-0.39, 0.29) is 172 Å². The molecule has 52 nitrogen and oxygen atoms in total. The van der Waals surface area contributed by atoms with Gasteiger partial charge in [-0.1, -0.05) is 96.9 Å². The van der Waals surface area contributed by atoms with Crippen molar-refractivity contribution < 1.29 is 243 Å². The van der Waals surface area contributed by atoms with Crippen LogP contribution < -0.4 is 63.6 Å². The molecular weight excluding hydrogens is 2020 g/mol. The third kappa shape index (κ3) is 63.0. The number of rotatable bonds is 59. The molecule has 0 amide bonds. The fourth-order valence-corrected chi connectivity index (χ4v) is 20.4. The Morgan fingerprint density at radius 2 is 0.403 bits per heavy atom. The molecule has 24 unspecified atom stereocenters. The Kier molecular flexibility index (Phi) is 61.5. The minimum atomic E-state index is -5.13. The molecule has 0 aromatic heterocycles. The van der Waals surface area contributed by atoms with Gasteiger partial charge in [0.15, 0.2) is 0 Å². The molecule has 0 aromatic rings. The van der Waals surface area contributed by atoms with E-state index >= 15 is 0 Å². The number of phosphoric ester groups is 11. The van der Waals surface area contributed by atoms with Crippen molar-refractivity contribution in [3.05, 3.63) is 0 Å². The molecule has 0 bridgehead atoms. The summed E-state index contributed by atoms with van der Waals surface area (Å²) in [5, 5.41) is 25.7. The van der Waals surface area contributed by atoms with Gasteiger partial charge in [0.2, 0.25) is 0 Å². The molecule has 5 aliphatic heterocycles. The summed E-state index contributed by atoms with van der Waals surface area (Å²) in [7, 11) is -23.2. The topological polar surface area (TPSA) is 779 Å². The Balaban J connectivity index is 0.000000850. The summed E-state index contributed by atoms with van der Waals surface area (Å²) < 4.78 is 246. The van der Waals surface area contributed by atoms with E-state index in [0.29, 0.717) is 6.42 Å². The summed E-state index contributed by atoms with van der Waals surface area (Å²) in [6.45, 7) is 20.1. The van der Waals surface area contributed by atoms with E-state index in [1.54, 1.807) is 0 Å². The molecule has 784 valence electrons. The van der Waals surface area contributed by atoms with E-state index in [2.05, 4.69) is 54.3 Å². The zero-order chi connectivity index (χ0) is 103. The molecule has 68 heteroatoms. The van der Waals surface area contributed by atoms with Gasteiger partial charge in [-0.25, -0.2) is 0 Å². The predicted octanol–water partition coefficient (Wildman–Crippen LogP) is -0.274. The van der Waals surface area contributed by atoms with Gasteiger partial charge in [-0.3, -0.25) is 41.1 Å². The second kappa shape index (κ2) is 61.9. The van der Waals surface area contributed by atoms with Crippen LogP contribution in [0.2, 0.25) is 0 Å². The number of ether oxygens (including phenoxy) is 5. The first-order valence-electron chi connectivity index (χ1n) is 41.9. The maximum Gasteiger partial charge on any atom is 0.268 e. The highest BCUT2D eigenvalue weighted by Crippen LogP contribution is 2.53. The molecule has 5 rings (SSSR count). The van der Waals surface area contributed by atoms with Crippen molar-refractivity contribution in [2.75, 3.05) is 119 Å². The van der Waals surface area contributed by atoms with Gasteiger partial charge < -0.3 is 202 Å². The molecule has 3 N–H and O–H groups in total. The highest BCUT2D eigenvalue weighted by atomic mass is 31.2. The van der Waals surface area contributed by atoms with Gasteiger partial charge in [0.1, 0.15) is 39.2 Å². The molecule has 10 radical (unpaired) electrons. The average Bonchev–Trinajstić information content (AvgIpc) is 1.67. The van der Waals surface area contributed by atoms with Gasteiger partial charge in [0.05, 0.1) is 176 Å². The van der Waals surface area contributed by atoms with Crippen molar-refractivity contribution >= 4 is 125 Å². The maximum absolute atomic E-state index is 12.1. The molecule has 134 heavy (non-hydrogen) atoms. The fourth-order valence-electron chi connectivity index (χ4n) is 11.9. The summed E-state index contributed by atoms with van der Waals surface area (Å²) in [6.07, 6.45) is -5.32. The number of aliphatic hydroxyl groups is 3. The Labute approximate surface area is 789 Å². The number of aliphatic hydroxyl groups excluding tert-OH is 3. The van der Waals surface area contributed by atoms with Gasteiger partial charge in [0, 0.05) is 49.8 Å².